The van der Waals surface area contributed by atoms with Gasteiger partial charge in [-0.2, -0.15) is 0 Å². The van der Waals surface area contributed by atoms with Crippen molar-refractivity contribution < 1.29 is 14.3 Å². The van der Waals surface area contributed by atoms with Crippen molar-refractivity contribution in [1.29, 1.82) is 0 Å². The van der Waals surface area contributed by atoms with Crippen LogP contribution in [0.3, 0.4) is 0 Å². The summed E-state index contributed by atoms with van der Waals surface area (Å²) in [7, 11) is 0. The molecule has 0 radical (unpaired) electrons. The maximum Gasteiger partial charge on any atom is 0.254 e. The Bertz CT molecular complexity index is 445. The van der Waals surface area contributed by atoms with E-state index in [-0.39, 0.29) is 24.1 Å². The minimum atomic E-state index is -0.481. The van der Waals surface area contributed by atoms with Gasteiger partial charge in [0.2, 0.25) is 0 Å². The Hall–Kier alpha value is -1.46. The summed E-state index contributed by atoms with van der Waals surface area (Å²) in [6, 6.07) is 6.14. The van der Waals surface area contributed by atoms with E-state index in [4.69, 9.17) is 5.11 Å². The molecule has 1 fully saturated rings. The zero-order valence-electron chi connectivity index (χ0n) is 11.5. The second kappa shape index (κ2) is 7.36. The van der Waals surface area contributed by atoms with Gasteiger partial charge in [0.05, 0.1) is 5.56 Å². The Labute approximate surface area is 118 Å². The lowest BCUT2D eigenvalue weighted by molar-refractivity contribution is 0.0905. The predicted molar refractivity (Wildman–Crippen MR) is 75.0 cm³/mol. The number of hydrogen-bond acceptors (Lipinski definition) is 3. The van der Waals surface area contributed by atoms with Crippen molar-refractivity contribution in [3.8, 4) is 0 Å². The molecule has 2 rings (SSSR count). The van der Waals surface area contributed by atoms with E-state index in [0.29, 0.717) is 0 Å². The summed E-state index contributed by atoms with van der Waals surface area (Å²) in [6.07, 6.45) is 2.52. The Balaban J connectivity index is 1.81. The van der Waals surface area contributed by atoms with E-state index >= 15 is 0 Å². The molecule has 5 heteroatoms. The first-order valence-electron chi connectivity index (χ1n) is 7.09. The van der Waals surface area contributed by atoms with Crippen molar-refractivity contribution >= 4 is 5.91 Å². The molecule has 1 amide bonds. The van der Waals surface area contributed by atoms with Crippen LogP contribution >= 0.6 is 0 Å². The third-order valence-electron chi connectivity index (χ3n) is 3.67. The maximum atomic E-state index is 13.5. The molecule has 0 unspecified atom stereocenters. The highest BCUT2D eigenvalue weighted by molar-refractivity contribution is 5.94. The van der Waals surface area contributed by atoms with Crippen LogP contribution in [-0.4, -0.2) is 48.2 Å². The number of likely N-dealkylation sites (tertiary alicyclic amines) is 1. The summed E-state index contributed by atoms with van der Waals surface area (Å²) in [4.78, 5) is 14.3. The van der Waals surface area contributed by atoms with Crippen molar-refractivity contribution in [2.75, 3.05) is 26.2 Å². The van der Waals surface area contributed by atoms with Gasteiger partial charge in [-0.15, -0.1) is 0 Å². The fraction of sp³-hybridized carbons (Fsp3) is 0.533. The van der Waals surface area contributed by atoms with E-state index in [1.807, 2.05) is 0 Å². The number of nitrogens with zero attached hydrogens (tertiary/aromatic N) is 1. The van der Waals surface area contributed by atoms with Crippen LogP contribution in [0.1, 0.15) is 29.6 Å². The summed E-state index contributed by atoms with van der Waals surface area (Å²) in [5.41, 5.74) is 0.107. The molecule has 1 aromatic carbocycles. The van der Waals surface area contributed by atoms with E-state index in [1.165, 1.54) is 12.1 Å². The predicted octanol–water partition coefficient (Wildman–Crippen LogP) is 1.40. The van der Waals surface area contributed by atoms with Crippen molar-refractivity contribution in [2.24, 2.45) is 0 Å². The molecule has 0 aromatic heterocycles. The van der Waals surface area contributed by atoms with Gasteiger partial charge in [-0.1, -0.05) is 12.1 Å². The summed E-state index contributed by atoms with van der Waals surface area (Å²) in [5, 5.41) is 11.7. The number of amides is 1. The fourth-order valence-corrected chi connectivity index (χ4v) is 2.50. The molecule has 2 N–H and O–H groups in total. The summed E-state index contributed by atoms with van der Waals surface area (Å²) in [5.74, 6) is -0.817. The number of carbonyl (C=O) groups is 1. The van der Waals surface area contributed by atoms with E-state index in [2.05, 4.69) is 10.2 Å². The minimum absolute atomic E-state index is 0.104. The number of piperidine rings is 1. The standard InChI is InChI=1S/C15H21FN2O2/c16-14-5-2-1-4-13(14)15(20)17-12-6-9-18(10-7-12)8-3-11-19/h1-2,4-5,12,19H,3,6-11H2,(H,17,20). The van der Waals surface area contributed by atoms with Gasteiger partial charge in [0.25, 0.3) is 5.91 Å². The van der Waals surface area contributed by atoms with Gasteiger partial charge in [-0.05, 0) is 31.4 Å². The normalized spacial score (nSPS) is 17.1. The SMILES string of the molecule is O=C(NC1CCN(CCCO)CC1)c1ccccc1F. The van der Waals surface area contributed by atoms with Crippen LogP contribution in [0, 0.1) is 5.82 Å². The number of nitrogens with one attached hydrogen (secondary N) is 1. The van der Waals surface area contributed by atoms with Crippen molar-refractivity contribution in [3.63, 3.8) is 0 Å². The highest BCUT2D eigenvalue weighted by Gasteiger charge is 2.21. The zero-order chi connectivity index (χ0) is 14.4. The molecule has 4 nitrogen and oxygen atoms in total. The maximum absolute atomic E-state index is 13.5. The van der Waals surface area contributed by atoms with Crippen LogP contribution in [0.4, 0.5) is 4.39 Å². The topological polar surface area (TPSA) is 52.6 Å². The minimum Gasteiger partial charge on any atom is -0.396 e. The van der Waals surface area contributed by atoms with Crippen LogP contribution < -0.4 is 5.32 Å². The third-order valence-corrected chi connectivity index (χ3v) is 3.67. The Morgan fingerprint density at radius 1 is 1.35 bits per heavy atom. The fourth-order valence-electron chi connectivity index (χ4n) is 2.50. The van der Waals surface area contributed by atoms with E-state index < -0.39 is 5.82 Å². The number of aliphatic hydroxyl groups is 1. The van der Waals surface area contributed by atoms with Crippen LogP contribution in [0.15, 0.2) is 24.3 Å². The molecule has 0 bridgehead atoms. The molecular formula is C15H21FN2O2. The molecular weight excluding hydrogens is 259 g/mol. The van der Waals surface area contributed by atoms with Gasteiger partial charge in [0, 0.05) is 32.3 Å². The summed E-state index contributed by atoms with van der Waals surface area (Å²) >= 11 is 0. The van der Waals surface area contributed by atoms with Crippen molar-refractivity contribution in [2.45, 2.75) is 25.3 Å². The van der Waals surface area contributed by atoms with Crippen LogP contribution in [0.25, 0.3) is 0 Å². The molecule has 1 heterocycles. The highest BCUT2D eigenvalue weighted by atomic mass is 19.1. The molecule has 20 heavy (non-hydrogen) atoms. The number of hydrogen-bond donors (Lipinski definition) is 2. The first-order chi connectivity index (χ1) is 9.70. The molecule has 1 aliphatic rings. The summed E-state index contributed by atoms with van der Waals surface area (Å²) in [6.45, 7) is 2.92. The van der Waals surface area contributed by atoms with Gasteiger partial charge in [0.15, 0.2) is 0 Å². The van der Waals surface area contributed by atoms with Gasteiger partial charge in [-0.3, -0.25) is 4.79 Å². The zero-order valence-corrected chi connectivity index (χ0v) is 11.5. The molecule has 1 aromatic rings. The molecule has 1 aliphatic heterocycles. The smallest absolute Gasteiger partial charge is 0.254 e. The van der Waals surface area contributed by atoms with Crippen molar-refractivity contribution in [1.82, 2.24) is 10.2 Å². The number of halogens is 1. The Kier molecular flexibility index (Phi) is 5.49. The lowest BCUT2D eigenvalue weighted by Crippen LogP contribution is -2.45. The van der Waals surface area contributed by atoms with E-state index in [1.54, 1.807) is 12.1 Å². The Morgan fingerprint density at radius 3 is 2.70 bits per heavy atom. The second-order valence-electron chi connectivity index (χ2n) is 5.15. The number of carbonyl (C=O) groups excluding carboxylic acids is 1. The Morgan fingerprint density at radius 2 is 2.05 bits per heavy atom. The first kappa shape index (κ1) is 14.9. The molecule has 0 spiro atoms. The number of benzene rings is 1. The average molecular weight is 280 g/mol. The van der Waals surface area contributed by atoms with Gasteiger partial charge in [0.1, 0.15) is 5.82 Å². The van der Waals surface area contributed by atoms with Crippen LogP contribution in [0.2, 0.25) is 0 Å². The van der Waals surface area contributed by atoms with Gasteiger partial charge < -0.3 is 15.3 Å². The van der Waals surface area contributed by atoms with Gasteiger partial charge in [-0.25, -0.2) is 4.39 Å². The lowest BCUT2D eigenvalue weighted by Gasteiger charge is -2.32. The molecule has 110 valence electrons. The van der Waals surface area contributed by atoms with Crippen LogP contribution in [0.5, 0.6) is 0 Å². The molecule has 0 saturated carbocycles. The number of aliphatic hydroxyl groups excluding tert-OH is 1. The molecule has 0 aliphatic carbocycles. The second-order valence-corrected chi connectivity index (χ2v) is 5.15. The van der Waals surface area contributed by atoms with E-state index in [0.717, 1.165) is 38.9 Å². The molecule has 1 saturated heterocycles. The van der Waals surface area contributed by atoms with Crippen LogP contribution in [-0.2, 0) is 0 Å². The van der Waals surface area contributed by atoms with E-state index in [9.17, 15) is 9.18 Å². The highest BCUT2D eigenvalue weighted by Crippen LogP contribution is 2.12. The largest absolute Gasteiger partial charge is 0.396 e. The lowest BCUT2D eigenvalue weighted by atomic mass is 10.0. The average Bonchev–Trinajstić information content (AvgIpc) is 2.47. The monoisotopic (exact) mass is 280 g/mol. The summed E-state index contributed by atoms with van der Waals surface area (Å²) < 4.78 is 13.5. The van der Waals surface area contributed by atoms with Crippen molar-refractivity contribution in [3.05, 3.63) is 35.6 Å². The quantitative estimate of drug-likeness (QED) is 0.857. The number of rotatable bonds is 5. The molecule has 0 atom stereocenters. The first-order valence-corrected chi connectivity index (χ1v) is 7.09. The van der Waals surface area contributed by atoms with Gasteiger partial charge >= 0.3 is 0 Å². The third kappa shape index (κ3) is 4.02.